The van der Waals surface area contributed by atoms with Gasteiger partial charge in [-0.3, -0.25) is 0 Å². The van der Waals surface area contributed by atoms with Crippen LogP contribution in [0.4, 0.5) is 5.95 Å². The van der Waals surface area contributed by atoms with Crippen molar-refractivity contribution in [1.29, 1.82) is 0 Å². The van der Waals surface area contributed by atoms with Gasteiger partial charge in [-0.1, -0.05) is 0 Å². The maximum Gasteiger partial charge on any atom is 0.226 e. The fourth-order valence-electron chi connectivity index (χ4n) is 2.04. The number of nitrogens with one attached hydrogen (secondary N) is 1. The molecule has 1 aliphatic rings. The third kappa shape index (κ3) is 4.05. The lowest BCUT2D eigenvalue weighted by molar-refractivity contribution is 0.326. The van der Waals surface area contributed by atoms with Crippen molar-refractivity contribution < 1.29 is 13.2 Å². The molecule has 0 atom stereocenters. The van der Waals surface area contributed by atoms with Crippen LogP contribution in [0, 0.1) is 6.92 Å². The van der Waals surface area contributed by atoms with Gasteiger partial charge in [-0.25, -0.2) is 13.4 Å². The number of nitrogens with zero attached hydrogens (tertiary/aromatic N) is 2. The number of ether oxygens (including phenoxy) is 1. The van der Waals surface area contributed by atoms with Gasteiger partial charge in [0.05, 0.1) is 18.1 Å². The van der Waals surface area contributed by atoms with Crippen molar-refractivity contribution in [2.75, 3.05) is 23.4 Å². The summed E-state index contributed by atoms with van der Waals surface area (Å²) in [5.74, 6) is 1.51. The summed E-state index contributed by atoms with van der Waals surface area (Å²) >= 11 is 0. The van der Waals surface area contributed by atoms with Gasteiger partial charge in [0.1, 0.15) is 9.84 Å². The smallest absolute Gasteiger partial charge is 0.226 e. The summed E-state index contributed by atoms with van der Waals surface area (Å²) < 4.78 is 28.1. The van der Waals surface area contributed by atoms with Crippen molar-refractivity contribution in [1.82, 2.24) is 9.97 Å². The molecule has 0 spiro atoms. The second kappa shape index (κ2) is 5.73. The van der Waals surface area contributed by atoms with Gasteiger partial charge < -0.3 is 10.1 Å². The van der Waals surface area contributed by atoms with Crippen LogP contribution in [-0.2, 0) is 9.84 Å². The highest BCUT2D eigenvalue weighted by atomic mass is 32.2. The Bertz CT molecular complexity index is 531. The highest BCUT2D eigenvalue weighted by Crippen LogP contribution is 2.18. The number of hydrogen-bond acceptors (Lipinski definition) is 6. The second-order valence-electron chi connectivity index (χ2n) is 4.67. The van der Waals surface area contributed by atoms with Crippen LogP contribution >= 0.6 is 0 Å². The highest BCUT2D eigenvalue weighted by Gasteiger charge is 2.24. The second-order valence-corrected chi connectivity index (χ2v) is 6.98. The molecule has 19 heavy (non-hydrogen) atoms. The van der Waals surface area contributed by atoms with Gasteiger partial charge in [-0.05, 0) is 26.7 Å². The monoisotopic (exact) mass is 285 g/mol. The molecule has 1 aliphatic heterocycles. The van der Waals surface area contributed by atoms with Gasteiger partial charge in [-0.15, -0.1) is 0 Å². The van der Waals surface area contributed by atoms with Crippen molar-refractivity contribution >= 4 is 15.8 Å². The predicted molar refractivity (Wildman–Crippen MR) is 73.2 cm³/mol. The van der Waals surface area contributed by atoms with Gasteiger partial charge in [0, 0.05) is 17.8 Å². The minimum atomic E-state index is -2.84. The van der Waals surface area contributed by atoms with E-state index < -0.39 is 9.84 Å². The quantitative estimate of drug-likeness (QED) is 0.894. The fourth-order valence-corrected chi connectivity index (χ4v) is 3.53. The van der Waals surface area contributed by atoms with Crippen molar-refractivity contribution in [3.63, 3.8) is 0 Å². The molecule has 1 N–H and O–H groups in total. The number of aryl methyl sites for hydroxylation is 1. The van der Waals surface area contributed by atoms with Crippen molar-refractivity contribution in [3.05, 3.63) is 11.8 Å². The first-order valence-electron chi connectivity index (χ1n) is 6.44. The van der Waals surface area contributed by atoms with E-state index in [4.69, 9.17) is 4.74 Å². The van der Waals surface area contributed by atoms with Crippen LogP contribution in [0.1, 0.15) is 25.5 Å². The topological polar surface area (TPSA) is 81.2 Å². The third-order valence-corrected chi connectivity index (χ3v) is 4.73. The molecule has 1 aromatic heterocycles. The summed E-state index contributed by atoms with van der Waals surface area (Å²) in [7, 11) is -2.84. The zero-order chi connectivity index (χ0) is 13.9. The Kier molecular flexibility index (Phi) is 4.24. The van der Waals surface area contributed by atoms with Crippen LogP contribution < -0.4 is 10.1 Å². The van der Waals surface area contributed by atoms with Crippen LogP contribution in [0.25, 0.3) is 0 Å². The van der Waals surface area contributed by atoms with E-state index in [-0.39, 0.29) is 17.5 Å². The molecule has 2 rings (SSSR count). The molecule has 0 aromatic carbocycles. The molecule has 0 unspecified atom stereocenters. The standard InChI is InChI=1S/C12H19N3O3S/c1-3-18-11-8-9(2)13-12(15-11)14-10-4-6-19(16,17)7-5-10/h8,10H,3-7H2,1-2H3,(H,13,14,15). The van der Waals surface area contributed by atoms with Crippen molar-refractivity contribution in [3.8, 4) is 5.88 Å². The van der Waals surface area contributed by atoms with Gasteiger partial charge in [0.25, 0.3) is 0 Å². The lowest BCUT2D eigenvalue weighted by atomic mass is 10.2. The Labute approximate surface area is 113 Å². The first-order valence-corrected chi connectivity index (χ1v) is 8.26. The molecular formula is C12H19N3O3S. The molecule has 0 radical (unpaired) electrons. The molecule has 6 nitrogen and oxygen atoms in total. The molecule has 106 valence electrons. The third-order valence-electron chi connectivity index (χ3n) is 3.01. The first-order chi connectivity index (χ1) is 8.98. The number of anilines is 1. The maximum atomic E-state index is 11.4. The fraction of sp³-hybridized carbons (Fsp3) is 0.667. The molecule has 7 heteroatoms. The largest absolute Gasteiger partial charge is 0.478 e. The summed E-state index contributed by atoms with van der Waals surface area (Å²) in [5, 5.41) is 3.19. The van der Waals surface area contributed by atoms with E-state index in [1.165, 1.54) is 0 Å². The van der Waals surface area contributed by atoms with E-state index in [0.29, 0.717) is 31.3 Å². The van der Waals surface area contributed by atoms with Gasteiger partial charge in [-0.2, -0.15) is 4.98 Å². The van der Waals surface area contributed by atoms with Crippen LogP contribution in [0.2, 0.25) is 0 Å². The van der Waals surface area contributed by atoms with Gasteiger partial charge in [0.2, 0.25) is 11.8 Å². The van der Waals surface area contributed by atoms with Crippen molar-refractivity contribution in [2.45, 2.75) is 32.7 Å². The minimum Gasteiger partial charge on any atom is -0.478 e. The van der Waals surface area contributed by atoms with E-state index in [1.807, 2.05) is 13.8 Å². The Morgan fingerprint density at radius 2 is 2.05 bits per heavy atom. The molecule has 1 saturated heterocycles. The first kappa shape index (κ1) is 14.0. The van der Waals surface area contributed by atoms with Crippen LogP contribution in [0.3, 0.4) is 0 Å². The normalized spacial score (nSPS) is 19.1. The average molecular weight is 285 g/mol. The van der Waals surface area contributed by atoms with Crippen molar-refractivity contribution in [2.24, 2.45) is 0 Å². The zero-order valence-corrected chi connectivity index (χ0v) is 12.0. The molecule has 0 saturated carbocycles. The molecule has 1 aromatic rings. The summed E-state index contributed by atoms with van der Waals surface area (Å²) in [6.45, 7) is 4.33. The summed E-state index contributed by atoms with van der Waals surface area (Å²) in [6.07, 6.45) is 1.20. The van der Waals surface area contributed by atoms with E-state index in [9.17, 15) is 8.42 Å². The van der Waals surface area contributed by atoms with Crippen LogP contribution in [-0.4, -0.2) is 42.5 Å². The molecule has 1 fully saturated rings. The van der Waals surface area contributed by atoms with E-state index in [0.717, 1.165) is 5.69 Å². The molecular weight excluding hydrogens is 266 g/mol. The number of rotatable bonds is 4. The molecule has 0 amide bonds. The number of aromatic nitrogens is 2. The number of hydrogen-bond donors (Lipinski definition) is 1. The van der Waals surface area contributed by atoms with E-state index in [1.54, 1.807) is 6.07 Å². The van der Waals surface area contributed by atoms with Gasteiger partial charge in [0.15, 0.2) is 0 Å². The summed E-state index contributed by atoms with van der Waals surface area (Å²) in [6, 6.07) is 1.89. The average Bonchev–Trinajstić information content (AvgIpc) is 2.32. The van der Waals surface area contributed by atoms with Crippen LogP contribution in [0.15, 0.2) is 6.07 Å². The van der Waals surface area contributed by atoms with E-state index in [2.05, 4.69) is 15.3 Å². The highest BCUT2D eigenvalue weighted by molar-refractivity contribution is 7.91. The number of sulfone groups is 1. The summed E-state index contributed by atoms with van der Waals surface area (Å²) in [4.78, 5) is 8.55. The lowest BCUT2D eigenvalue weighted by Crippen LogP contribution is -2.32. The zero-order valence-electron chi connectivity index (χ0n) is 11.2. The minimum absolute atomic E-state index is 0.111. The molecule has 0 bridgehead atoms. The SMILES string of the molecule is CCOc1cc(C)nc(NC2CCS(=O)(=O)CC2)n1. The van der Waals surface area contributed by atoms with Crippen LogP contribution in [0.5, 0.6) is 5.88 Å². The Morgan fingerprint density at radius 1 is 1.37 bits per heavy atom. The lowest BCUT2D eigenvalue weighted by Gasteiger charge is -2.23. The Hall–Kier alpha value is -1.37. The van der Waals surface area contributed by atoms with E-state index >= 15 is 0 Å². The Balaban J connectivity index is 2.03. The Morgan fingerprint density at radius 3 is 2.68 bits per heavy atom. The maximum absolute atomic E-state index is 11.4. The molecule has 2 heterocycles. The summed E-state index contributed by atoms with van der Waals surface area (Å²) in [5.41, 5.74) is 0.824. The molecule has 0 aliphatic carbocycles. The van der Waals surface area contributed by atoms with Gasteiger partial charge >= 0.3 is 0 Å². The predicted octanol–water partition coefficient (Wildman–Crippen LogP) is 1.17.